The van der Waals surface area contributed by atoms with Crippen molar-refractivity contribution in [1.82, 2.24) is 9.13 Å². The molecular weight excluding hydrogens is 429 g/mol. The summed E-state index contributed by atoms with van der Waals surface area (Å²) in [6.45, 7) is -0.617. The topological polar surface area (TPSA) is 126 Å². The summed E-state index contributed by atoms with van der Waals surface area (Å²) in [5.41, 5.74) is -1.09. The summed E-state index contributed by atoms with van der Waals surface area (Å²) in [6.07, 6.45) is 2.74. The Bertz CT molecular complexity index is 1400. The number of amides is 2. The molecule has 2 N–H and O–H groups in total. The number of nitrogens with one attached hydrogen (secondary N) is 2. The SMILES string of the molecule is N#Cc1cn(C2CC2)c(=O)n(CC(=O)Nc2ccccc2C(=O)Nc2ccc(F)cc2)c1=O. The number of halogens is 1. The number of nitriles is 1. The first-order chi connectivity index (χ1) is 15.9. The third kappa shape index (κ3) is 4.72. The van der Waals surface area contributed by atoms with Crippen LogP contribution in [0.2, 0.25) is 0 Å². The predicted octanol–water partition coefficient (Wildman–Crippen LogP) is 2.25. The van der Waals surface area contributed by atoms with Gasteiger partial charge in [-0.2, -0.15) is 5.26 Å². The molecule has 1 aliphatic carbocycles. The van der Waals surface area contributed by atoms with Crippen molar-refractivity contribution < 1.29 is 14.0 Å². The Morgan fingerprint density at radius 3 is 2.42 bits per heavy atom. The van der Waals surface area contributed by atoms with Gasteiger partial charge in [0.2, 0.25) is 5.91 Å². The number of benzene rings is 2. The number of para-hydroxylation sites is 1. The molecule has 1 heterocycles. The molecule has 0 aliphatic heterocycles. The number of rotatable bonds is 6. The number of carbonyl (C=O) groups is 2. The molecule has 0 unspecified atom stereocenters. The first kappa shape index (κ1) is 21.7. The molecule has 0 spiro atoms. The van der Waals surface area contributed by atoms with Gasteiger partial charge in [-0.25, -0.2) is 13.8 Å². The fourth-order valence-electron chi connectivity index (χ4n) is 3.31. The van der Waals surface area contributed by atoms with E-state index in [-0.39, 0.29) is 22.9 Å². The van der Waals surface area contributed by atoms with Crippen LogP contribution in [-0.2, 0) is 11.3 Å². The maximum absolute atomic E-state index is 13.1. The van der Waals surface area contributed by atoms with Crippen LogP contribution in [0.1, 0.15) is 34.8 Å². The Hall–Kier alpha value is -4.52. The summed E-state index contributed by atoms with van der Waals surface area (Å²) < 4.78 is 15.1. The molecule has 1 aromatic heterocycles. The highest BCUT2D eigenvalue weighted by atomic mass is 19.1. The van der Waals surface area contributed by atoms with E-state index in [0.717, 1.165) is 12.8 Å². The molecule has 9 nitrogen and oxygen atoms in total. The van der Waals surface area contributed by atoms with Crippen molar-refractivity contribution in [2.24, 2.45) is 0 Å². The lowest BCUT2D eigenvalue weighted by molar-refractivity contribution is -0.116. The van der Waals surface area contributed by atoms with Gasteiger partial charge in [-0.1, -0.05) is 12.1 Å². The highest BCUT2D eigenvalue weighted by Crippen LogP contribution is 2.33. The molecule has 0 radical (unpaired) electrons. The van der Waals surface area contributed by atoms with Crippen LogP contribution in [0, 0.1) is 17.1 Å². The zero-order chi connectivity index (χ0) is 23.5. The van der Waals surface area contributed by atoms with Gasteiger partial charge >= 0.3 is 5.69 Å². The van der Waals surface area contributed by atoms with Gasteiger partial charge in [0, 0.05) is 17.9 Å². The summed E-state index contributed by atoms with van der Waals surface area (Å²) in [5.74, 6) is -1.71. The summed E-state index contributed by atoms with van der Waals surface area (Å²) in [6, 6.07) is 13.0. The highest BCUT2D eigenvalue weighted by molar-refractivity contribution is 6.10. The van der Waals surface area contributed by atoms with Crippen molar-refractivity contribution in [2.45, 2.75) is 25.4 Å². The van der Waals surface area contributed by atoms with Crippen LogP contribution in [0.4, 0.5) is 15.8 Å². The van der Waals surface area contributed by atoms with E-state index < -0.39 is 35.4 Å². The van der Waals surface area contributed by atoms with Crippen molar-refractivity contribution in [1.29, 1.82) is 5.26 Å². The maximum atomic E-state index is 13.1. The summed E-state index contributed by atoms with van der Waals surface area (Å²) in [4.78, 5) is 50.5. The second-order valence-electron chi connectivity index (χ2n) is 7.52. The molecule has 10 heteroatoms. The maximum Gasteiger partial charge on any atom is 0.331 e. The Morgan fingerprint density at radius 1 is 1.06 bits per heavy atom. The van der Waals surface area contributed by atoms with Gasteiger partial charge in [0.1, 0.15) is 24.0 Å². The molecule has 33 heavy (non-hydrogen) atoms. The van der Waals surface area contributed by atoms with Crippen LogP contribution in [0.15, 0.2) is 64.3 Å². The number of carbonyl (C=O) groups excluding carboxylic acids is 2. The van der Waals surface area contributed by atoms with E-state index in [2.05, 4.69) is 10.6 Å². The Labute approximate surface area is 186 Å². The molecule has 0 atom stereocenters. The summed E-state index contributed by atoms with van der Waals surface area (Å²) in [5, 5.41) is 14.4. The molecule has 0 saturated heterocycles. The lowest BCUT2D eigenvalue weighted by Crippen LogP contribution is -2.43. The van der Waals surface area contributed by atoms with Crippen molar-refractivity contribution in [3.05, 3.63) is 92.5 Å². The molecule has 4 rings (SSSR count). The van der Waals surface area contributed by atoms with Gasteiger partial charge in [0.15, 0.2) is 0 Å². The van der Waals surface area contributed by atoms with E-state index in [0.29, 0.717) is 10.3 Å². The van der Waals surface area contributed by atoms with E-state index in [9.17, 15) is 28.8 Å². The molecule has 1 saturated carbocycles. The third-order valence-electron chi connectivity index (χ3n) is 5.11. The lowest BCUT2D eigenvalue weighted by atomic mass is 10.1. The van der Waals surface area contributed by atoms with Gasteiger partial charge in [-0.3, -0.25) is 19.0 Å². The third-order valence-corrected chi connectivity index (χ3v) is 5.11. The minimum absolute atomic E-state index is 0.0876. The quantitative estimate of drug-likeness (QED) is 0.599. The average Bonchev–Trinajstić information content (AvgIpc) is 3.64. The van der Waals surface area contributed by atoms with Crippen molar-refractivity contribution in [3.63, 3.8) is 0 Å². The highest BCUT2D eigenvalue weighted by Gasteiger charge is 2.27. The van der Waals surface area contributed by atoms with Gasteiger partial charge < -0.3 is 10.6 Å². The van der Waals surface area contributed by atoms with Gasteiger partial charge in [0.25, 0.3) is 11.5 Å². The number of anilines is 2. The Kier molecular flexibility index (Phi) is 5.87. The van der Waals surface area contributed by atoms with E-state index in [4.69, 9.17) is 0 Å². The minimum Gasteiger partial charge on any atom is -0.324 e. The van der Waals surface area contributed by atoms with Crippen LogP contribution >= 0.6 is 0 Å². The van der Waals surface area contributed by atoms with Gasteiger partial charge in [0.05, 0.1) is 11.3 Å². The monoisotopic (exact) mass is 447 g/mol. The van der Waals surface area contributed by atoms with E-state index in [1.165, 1.54) is 47.2 Å². The molecule has 2 aromatic carbocycles. The van der Waals surface area contributed by atoms with Crippen LogP contribution in [0.5, 0.6) is 0 Å². The fraction of sp³-hybridized carbons (Fsp3) is 0.174. The number of hydrogen-bond acceptors (Lipinski definition) is 5. The van der Waals surface area contributed by atoms with Crippen LogP contribution in [0.3, 0.4) is 0 Å². The number of aromatic nitrogens is 2. The van der Waals surface area contributed by atoms with Crippen molar-refractivity contribution >= 4 is 23.2 Å². The van der Waals surface area contributed by atoms with Crippen molar-refractivity contribution in [2.75, 3.05) is 10.6 Å². The normalized spacial score (nSPS) is 12.6. The van der Waals surface area contributed by atoms with Crippen LogP contribution in [0.25, 0.3) is 0 Å². The second-order valence-corrected chi connectivity index (χ2v) is 7.52. The molecular formula is C23H18FN5O4. The first-order valence-electron chi connectivity index (χ1n) is 10.1. The Balaban J connectivity index is 1.56. The summed E-state index contributed by atoms with van der Waals surface area (Å²) in [7, 11) is 0. The zero-order valence-corrected chi connectivity index (χ0v) is 17.2. The Morgan fingerprint density at radius 2 is 1.76 bits per heavy atom. The molecule has 166 valence electrons. The number of nitrogens with zero attached hydrogens (tertiary/aromatic N) is 3. The molecule has 1 fully saturated rings. The summed E-state index contributed by atoms with van der Waals surface area (Å²) >= 11 is 0. The standard InChI is InChI=1S/C23H18FN5O4/c24-15-5-7-16(8-6-15)26-21(31)18-3-1-2-4-19(18)27-20(30)13-29-22(32)14(11-25)12-28(23(29)33)17-9-10-17/h1-8,12,17H,9-10,13H2,(H,26,31)(H,27,30). The average molecular weight is 447 g/mol. The van der Waals surface area contributed by atoms with Crippen molar-refractivity contribution in [3.8, 4) is 6.07 Å². The lowest BCUT2D eigenvalue weighted by Gasteiger charge is -2.13. The molecule has 3 aromatic rings. The van der Waals surface area contributed by atoms with Gasteiger partial charge in [-0.15, -0.1) is 0 Å². The predicted molar refractivity (Wildman–Crippen MR) is 117 cm³/mol. The van der Waals surface area contributed by atoms with E-state index in [1.54, 1.807) is 18.2 Å². The van der Waals surface area contributed by atoms with Gasteiger partial charge in [-0.05, 0) is 49.2 Å². The van der Waals surface area contributed by atoms with Crippen LogP contribution in [-0.4, -0.2) is 20.9 Å². The number of hydrogen-bond donors (Lipinski definition) is 2. The fourth-order valence-corrected chi connectivity index (χ4v) is 3.31. The van der Waals surface area contributed by atoms with E-state index >= 15 is 0 Å². The zero-order valence-electron chi connectivity index (χ0n) is 17.2. The van der Waals surface area contributed by atoms with E-state index in [1.807, 2.05) is 0 Å². The molecule has 2 amide bonds. The second kappa shape index (κ2) is 8.92. The smallest absolute Gasteiger partial charge is 0.324 e. The largest absolute Gasteiger partial charge is 0.331 e. The molecule has 0 bridgehead atoms. The van der Waals surface area contributed by atoms with Crippen LogP contribution < -0.4 is 21.9 Å². The minimum atomic E-state index is -0.850. The first-order valence-corrected chi connectivity index (χ1v) is 10.1. The molecule has 1 aliphatic rings.